The van der Waals surface area contributed by atoms with Gasteiger partial charge in [-0.2, -0.15) is 0 Å². The molecule has 1 aromatic heterocycles. The van der Waals surface area contributed by atoms with E-state index in [0.717, 1.165) is 29.7 Å². The van der Waals surface area contributed by atoms with Crippen LogP contribution in [0.1, 0.15) is 12.8 Å². The Labute approximate surface area is 116 Å². The molecule has 4 rings (SSSR count). The zero-order valence-corrected chi connectivity index (χ0v) is 11.3. The number of benzene rings is 1. The summed E-state index contributed by atoms with van der Waals surface area (Å²) < 4.78 is 0. The van der Waals surface area contributed by atoms with Crippen LogP contribution in [0.4, 0.5) is 5.69 Å². The normalized spacial score (nSPS) is 21.5. The van der Waals surface area contributed by atoms with Gasteiger partial charge in [0.05, 0.1) is 5.52 Å². The summed E-state index contributed by atoms with van der Waals surface area (Å²) >= 11 is 6.00. The smallest absolute Gasteiger partial charge is 0.102 e. The highest BCUT2D eigenvalue weighted by Gasteiger charge is 2.52. The van der Waals surface area contributed by atoms with Crippen molar-refractivity contribution in [3.63, 3.8) is 0 Å². The first-order chi connectivity index (χ1) is 9.16. The lowest BCUT2D eigenvalue weighted by molar-refractivity contribution is -0.00915. The largest absolute Gasteiger partial charge is 0.386 e. The first-order valence-corrected chi connectivity index (χ1v) is 7.05. The maximum Gasteiger partial charge on any atom is 0.102 e. The number of β-amino-alcohol motifs (C(OH)–C–C–N with tert-alkyl or cyclic N) is 1. The number of pyridine rings is 1. The fourth-order valence-electron chi connectivity index (χ4n) is 3.05. The summed E-state index contributed by atoms with van der Waals surface area (Å²) in [7, 11) is 0. The number of nitrogens with zero attached hydrogens (tertiary/aromatic N) is 2. The van der Waals surface area contributed by atoms with Crippen molar-refractivity contribution in [3.8, 4) is 0 Å². The number of fused-ring (bicyclic) bond motifs is 1. The molecule has 0 spiro atoms. The molecule has 2 aliphatic rings. The standard InChI is InChI=1S/C15H15ClN2O/c16-11-3-4-12-13(7-11)17-6-5-14(12)18-8-15(19,9-18)10-1-2-10/h3-7,10,19H,1-2,8-9H2. The number of anilines is 1. The van der Waals surface area contributed by atoms with E-state index in [2.05, 4.69) is 9.88 Å². The first-order valence-electron chi connectivity index (χ1n) is 6.67. The predicted molar refractivity (Wildman–Crippen MR) is 76.6 cm³/mol. The number of hydrogen-bond acceptors (Lipinski definition) is 3. The van der Waals surface area contributed by atoms with Gasteiger partial charge in [-0.3, -0.25) is 4.98 Å². The van der Waals surface area contributed by atoms with E-state index < -0.39 is 5.60 Å². The van der Waals surface area contributed by atoms with E-state index in [0.29, 0.717) is 10.9 Å². The minimum Gasteiger partial charge on any atom is -0.386 e. The number of rotatable bonds is 2. The summed E-state index contributed by atoms with van der Waals surface area (Å²) in [6, 6.07) is 7.80. The van der Waals surface area contributed by atoms with E-state index in [9.17, 15) is 5.11 Å². The van der Waals surface area contributed by atoms with Gasteiger partial charge < -0.3 is 10.0 Å². The van der Waals surface area contributed by atoms with Crippen molar-refractivity contribution in [1.82, 2.24) is 4.98 Å². The Kier molecular flexibility index (Phi) is 2.32. The van der Waals surface area contributed by atoms with E-state index >= 15 is 0 Å². The van der Waals surface area contributed by atoms with Crippen molar-refractivity contribution in [2.75, 3.05) is 18.0 Å². The Bertz CT molecular complexity index is 648. The third-order valence-electron chi connectivity index (χ3n) is 4.29. The van der Waals surface area contributed by atoms with Crippen molar-refractivity contribution >= 4 is 28.2 Å². The highest BCUT2D eigenvalue weighted by atomic mass is 35.5. The third-order valence-corrected chi connectivity index (χ3v) is 4.52. The second-order valence-electron chi connectivity index (χ2n) is 5.73. The molecule has 0 unspecified atom stereocenters. The fourth-order valence-corrected chi connectivity index (χ4v) is 3.21. The average Bonchev–Trinajstić information content (AvgIpc) is 3.18. The number of aromatic nitrogens is 1. The molecule has 0 bridgehead atoms. The van der Waals surface area contributed by atoms with Crippen molar-refractivity contribution in [3.05, 3.63) is 35.5 Å². The van der Waals surface area contributed by atoms with Crippen LogP contribution in [-0.4, -0.2) is 28.8 Å². The van der Waals surface area contributed by atoms with Crippen LogP contribution in [0.25, 0.3) is 10.9 Å². The van der Waals surface area contributed by atoms with Gasteiger partial charge in [-0.25, -0.2) is 0 Å². The molecule has 2 aromatic rings. The van der Waals surface area contributed by atoms with Gasteiger partial charge in [-0.15, -0.1) is 0 Å². The second-order valence-corrected chi connectivity index (χ2v) is 6.16. The molecule has 2 fully saturated rings. The fraction of sp³-hybridized carbons (Fsp3) is 0.400. The van der Waals surface area contributed by atoms with E-state index in [4.69, 9.17) is 11.6 Å². The number of aliphatic hydroxyl groups is 1. The summed E-state index contributed by atoms with van der Waals surface area (Å²) in [6.07, 6.45) is 4.16. The quantitative estimate of drug-likeness (QED) is 0.915. The topological polar surface area (TPSA) is 36.4 Å². The summed E-state index contributed by atoms with van der Waals surface area (Å²) in [5.74, 6) is 0.520. The maximum absolute atomic E-state index is 10.4. The third kappa shape index (κ3) is 1.80. The molecule has 1 aromatic carbocycles. The molecule has 1 aliphatic heterocycles. The zero-order valence-electron chi connectivity index (χ0n) is 10.5. The Morgan fingerprint density at radius 1 is 1.26 bits per heavy atom. The van der Waals surface area contributed by atoms with Gasteiger partial charge in [0.1, 0.15) is 5.60 Å². The first kappa shape index (κ1) is 11.5. The van der Waals surface area contributed by atoms with Gasteiger partial charge in [0.2, 0.25) is 0 Å². The Balaban J connectivity index is 1.69. The maximum atomic E-state index is 10.4. The Hall–Kier alpha value is -1.32. The van der Waals surface area contributed by atoms with Gasteiger partial charge in [0.15, 0.2) is 0 Å². The lowest BCUT2D eigenvalue weighted by atomic mass is 9.88. The molecule has 3 nitrogen and oxygen atoms in total. The van der Waals surface area contributed by atoms with Gasteiger partial charge in [0.25, 0.3) is 0 Å². The summed E-state index contributed by atoms with van der Waals surface area (Å²) in [6.45, 7) is 1.47. The molecule has 1 saturated heterocycles. The van der Waals surface area contributed by atoms with Gasteiger partial charge >= 0.3 is 0 Å². The zero-order chi connectivity index (χ0) is 13.0. The van der Waals surface area contributed by atoms with E-state index in [1.165, 1.54) is 12.8 Å². The average molecular weight is 275 g/mol. The van der Waals surface area contributed by atoms with Crippen molar-refractivity contribution in [2.24, 2.45) is 5.92 Å². The molecule has 1 aliphatic carbocycles. The minimum atomic E-state index is -0.456. The molecule has 98 valence electrons. The molecular weight excluding hydrogens is 260 g/mol. The summed E-state index contributed by atoms with van der Waals surface area (Å²) in [4.78, 5) is 6.59. The van der Waals surface area contributed by atoms with Crippen LogP contribution in [0.3, 0.4) is 0 Å². The molecule has 0 radical (unpaired) electrons. The number of hydrogen-bond donors (Lipinski definition) is 1. The molecule has 19 heavy (non-hydrogen) atoms. The van der Waals surface area contributed by atoms with E-state index in [1.807, 2.05) is 30.5 Å². The lowest BCUT2D eigenvalue weighted by Crippen LogP contribution is -2.63. The van der Waals surface area contributed by atoms with Crippen molar-refractivity contribution in [2.45, 2.75) is 18.4 Å². The van der Waals surface area contributed by atoms with Crippen molar-refractivity contribution < 1.29 is 5.11 Å². The summed E-state index contributed by atoms with van der Waals surface area (Å²) in [5.41, 5.74) is 1.60. The van der Waals surface area contributed by atoms with Crippen LogP contribution in [0.15, 0.2) is 30.5 Å². The molecule has 0 amide bonds. The van der Waals surface area contributed by atoms with Gasteiger partial charge in [-0.1, -0.05) is 11.6 Å². The van der Waals surface area contributed by atoms with Crippen LogP contribution in [0.2, 0.25) is 5.02 Å². The SMILES string of the molecule is OC1(C2CC2)CN(c2ccnc3cc(Cl)ccc23)C1. The Morgan fingerprint density at radius 2 is 2.05 bits per heavy atom. The Morgan fingerprint density at radius 3 is 2.79 bits per heavy atom. The van der Waals surface area contributed by atoms with Crippen LogP contribution in [0, 0.1) is 5.92 Å². The lowest BCUT2D eigenvalue weighted by Gasteiger charge is -2.48. The van der Waals surface area contributed by atoms with E-state index in [-0.39, 0.29) is 0 Å². The second kappa shape index (κ2) is 3.84. The molecule has 0 atom stereocenters. The molecule has 2 heterocycles. The van der Waals surface area contributed by atoms with Crippen LogP contribution >= 0.6 is 11.6 Å². The molecule has 1 N–H and O–H groups in total. The summed E-state index contributed by atoms with van der Waals surface area (Å²) in [5, 5.41) is 12.2. The van der Waals surface area contributed by atoms with Crippen LogP contribution in [-0.2, 0) is 0 Å². The van der Waals surface area contributed by atoms with E-state index in [1.54, 1.807) is 0 Å². The van der Waals surface area contributed by atoms with Crippen LogP contribution in [0.5, 0.6) is 0 Å². The molecule has 1 saturated carbocycles. The monoisotopic (exact) mass is 274 g/mol. The molecule has 4 heteroatoms. The number of halogens is 1. The highest BCUT2D eigenvalue weighted by Crippen LogP contribution is 2.46. The van der Waals surface area contributed by atoms with Crippen LogP contribution < -0.4 is 4.90 Å². The highest BCUT2D eigenvalue weighted by molar-refractivity contribution is 6.31. The van der Waals surface area contributed by atoms with Gasteiger partial charge in [0, 0.05) is 35.4 Å². The molecular formula is C15H15ClN2O. The minimum absolute atomic E-state index is 0.456. The van der Waals surface area contributed by atoms with Crippen molar-refractivity contribution in [1.29, 1.82) is 0 Å². The van der Waals surface area contributed by atoms with Gasteiger partial charge in [-0.05, 0) is 43.0 Å². The predicted octanol–water partition coefficient (Wildman–Crippen LogP) is 2.85.